The molecule has 0 unspecified atom stereocenters. The maximum atomic E-state index is 12.5. The van der Waals surface area contributed by atoms with E-state index in [1.165, 1.54) is 0 Å². The van der Waals surface area contributed by atoms with E-state index in [1.54, 1.807) is 30.3 Å². The van der Waals surface area contributed by atoms with Crippen molar-refractivity contribution in [1.82, 2.24) is 0 Å². The number of carbonyl (C=O) groups is 1. The van der Waals surface area contributed by atoms with Gasteiger partial charge >= 0.3 is 5.97 Å². The highest BCUT2D eigenvalue weighted by Gasteiger charge is 2.11. The van der Waals surface area contributed by atoms with Crippen molar-refractivity contribution in [2.24, 2.45) is 0 Å². The molecule has 0 amide bonds. The number of carboxylic acid groups (broad SMARTS) is 1. The molecule has 0 aliphatic heterocycles. The van der Waals surface area contributed by atoms with Crippen LogP contribution in [-0.4, -0.2) is 19.5 Å². The lowest BCUT2D eigenvalue weighted by Crippen LogP contribution is -2.11. The van der Waals surface area contributed by atoms with Gasteiger partial charge in [-0.3, -0.25) is 4.72 Å². The minimum Gasteiger partial charge on any atom is -0.478 e. The molecule has 0 aliphatic carbocycles. The molecule has 5 nitrogen and oxygen atoms in total. The van der Waals surface area contributed by atoms with Gasteiger partial charge in [0.15, 0.2) is 0 Å². The van der Waals surface area contributed by atoms with E-state index in [9.17, 15) is 18.3 Å². The van der Waals surface area contributed by atoms with Gasteiger partial charge in [-0.05, 0) is 54.2 Å². The average molecular weight is 422 g/mol. The highest BCUT2D eigenvalue weighted by molar-refractivity contribution is 7.95. The summed E-state index contributed by atoms with van der Waals surface area (Å²) in [6.45, 7) is 0. The first-order valence-corrected chi connectivity index (χ1v) is 11.1. The molecule has 3 aromatic carbocycles. The Hall–Kier alpha value is -3.38. The zero-order chi connectivity index (χ0) is 21.4. The minimum absolute atomic E-state index is 0.303. The van der Waals surface area contributed by atoms with Crippen molar-refractivity contribution in [2.75, 3.05) is 4.72 Å². The summed E-state index contributed by atoms with van der Waals surface area (Å²) in [4.78, 5) is 11.3. The summed E-state index contributed by atoms with van der Waals surface area (Å²) >= 11 is 0. The highest BCUT2D eigenvalue weighted by atomic mass is 32.2. The number of nitrogens with one attached hydrogen (secondary N) is 1. The van der Waals surface area contributed by atoms with E-state index >= 15 is 0 Å². The monoisotopic (exact) mass is 421 g/mol. The lowest BCUT2D eigenvalue weighted by Gasteiger charge is -2.11. The first-order valence-electron chi connectivity index (χ1n) is 9.60. The van der Waals surface area contributed by atoms with Crippen molar-refractivity contribution in [3.63, 3.8) is 0 Å². The fourth-order valence-electron chi connectivity index (χ4n) is 3.17. The molecule has 0 aliphatic rings. The Bertz CT molecular complexity index is 1140. The maximum absolute atomic E-state index is 12.5. The van der Waals surface area contributed by atoms with Crippen molar-refractivity contribution in [3.05, 3.63) is 107 Å². The maximum Gasteiger partial charge on any atom is 0.335 e. The second-order valence-corrected chi connectivity index (χ2v) is 8.40. The zero-order valence-corrected chi connectivity index (χ0v) is 17.2. The van der Waals surface area contributed by atoms with Crippen molar-refractivity contribution < 1.29 is 18.3 Å². The predicted molar refractivity (Wildman–Crippen MR) is 120 cm³/mol. The van der Waals surface area contributed by atoms with Gasteiger partial charge < -0.3 is 5.11 Å². The Labute approximate surface area is 176 Å². The van der Waals surface area contributed by atoms with Crippen LogP contribution in [0.3, 0.4) is 0 Å². The van der Waals surface area contributed by atoms with Crippen molar-refractivity contribution in [1.29, 1.82) is 0 Å². The second-order valence-electron chi connectivity index (χ2n) is 6.83. The summed E-state index contributed by atoms with van der Waals surface area (Å²) in [7, 11) is -3.66. The van der Waals surface area contributed by atoms with E-state index in [0.717, 1.165) is 22.1 Å². The summed E-state index contributed by atoms with van der Waals surface area (Å²) in [6.07, 6.45) is 3.46. The van der Waals surface area contributed by atoms with Crippen LogP contribution in [0, 0.1) is 0 Å². The van der Waals surface area contributed by atoms with Gasteiger partial charge in [-0.15, -0.1) is 0 Å². The number of para-hydroxylation sites is 1. The predicted octanol–water partition coefficient (Wildman–Crippen LogP) is 4.97. The molecule has 6 heteroatoms. The number of anilines is 1. The van der Waals surface area contributed by atoms with Gasteiger partial charge in [0, 0.05) is 0 Å². The molecule has 0 fully saturated rings. The van der Waals surface area contributed by atoms with Crippen LogP contribution in [0.1, 0.15) is 33.5 Å². The molecule has 0 heterocycles. The first kappa shape index (κ1) is 21.3. The summed E-state index contributed by atoms with van der Waals surface area (Å²) in [5.74, 6) is -0.941. The molecule has 2 N–H and O–H groups in total. The molecule has 0 bridgehead atoms. The van der Waals surface area contributed by atoms with Gasteiger partial charge in [-0.1, -0.05) is 66.7 Å². The molecule has 0 aromatic heterocycles. The van der Waals surface area contributed by atoms with Crippen molar-refractivity contribution in [2.45, 2.75) is 19.3 Å². The number of hydrogen-bond donors (Lipinski definition) is 2. The van der Waals surface area contributed by atoms with Crippen LogP contribution in [0.15, 0.2) is 84.3 Å². The topological polar surface area (TPSA) is 83.5 Å². The molecule has 0 saturated heterocycles. The van der Waals surface area contributed by atoms with E-state index < -0.39 is 16.0 Å². The zero-order valence-electron chi connectivity index (χ0n) is 16.4. The number of hydrogen-bond acceptors (Lipinski definition) is 3. The smallest absolute Gasteiger partial charge is 0.335 e. The number of rotatable bonds is 9. The van der Waals surface area contributed by atoms with E-state index in [2.05, 4.69) is 4.72 Å². The minimum atomic E-state index is -3.66. The van der Waals surface area contributed by atoms with Crippen LogP contribution < -0.4 is 4.72 Å². The quantitative estimate of drug-likeness (QED) is 0.511. The van der Waals surface area contributed by atoms with Crippen LogP contribution in [0.5, 0.6) is 0 Å². The fourth-order valence-corrected chi connectivity index (χ4v) is 4.08. The van der Waals surface area contributed by atoms with E-state index in [1.807, 2.05) is 54.6 Å². The Morgan fingerprint density at radius 2 is 1.43 bits per heavy atom. The van der Waals surface area contributed by atoms with Crippen LogP contribution in [-0.2, 0) is 22.9 Å². The third-order valence-corrected chi connectivity index (χ3v) is 5.65. The van der Waals surface area contributed by atoms with Gasteiger partial charge in [-0.25, -0.2) is 13.2 Å². The van der Waals surface area contributed by atoms with E-state index in [-0.39, 0.29) is 0 Å². The van der Waals surface area contributed by atoms with Crippen LogP contribution in [0.25, 0.3) is 6.08 Å². The Balaban J connectivity index is 1.67. The molecule has 3 rings (SSSR count). The summed E-state index contributed by atoms with van der Waals surface area (Å²) in [5, 5.41) is 10.5. The van der Waals surface area contributed by atoms with Gasteiger partial charge in [0.25, 0.3) is 10.0 Å². The fraction of sp³-hybridized carbons (Fsp3) is 0.125. The second kappa shape index (κ2) is 9.89. The number of aromatic carboxylic acids is 1. The summed E-state index contributed by atoms with van der Waals surface area (Å²) in [5.41, 5.74) is 3.27. The van der Waals surface area contributed by atoms with Crippen molar-refractivity contribution in [3.8, 4) is 0 Å². The number of benzene rings is 3. The lowest BCUT2D eigenvalue weighted by atomic mass is 9.99. The van der Waals surface area contributed by atoms with Crippen LogP contribution >= 0.6 is 0 Å². The SMILES string of the molecule is O=C(O)c1ccccc1CCCc1ccccc1NS(=O)(=O)/C=C/c1ccccc1. The van der Waals surface area contributed by atoms with Gasteiger partial charge in [0.2, 0.25) is 0 Å². The molecule has 0 spiro atoms. The molecule has 30 heavy (non-hydrogen) atoms. The van der Waals surface area contributed by atoms with E-state index in [0.29, 0.717) is 30.5 Å². The Morgan fingerprint density at radius 1 is 0.833 bits per heavy atom. The summed E-state index contributed by atoms with van der Waals surface area (Å²) < 4.78 is 27.6. The van der Waals surface area contributed by atoms with Gasteiger partial charge in [-0.2, -0.15) is 0 Å². The lowest BCUT2D eigenvalue weighted by molar-refractivity contribution is 0.0695. The largest absolute Gasteiger partial charge is 0.478 e. The number of carboxylic acids is 1. The third-order valence-electron chi connectivity index (χ3n) is 4.65. The first-order chi connectivity index (χ1) is 14.4. The third kappa shape index (κ3) is 6.06. The normalized spacial score (nSPS) is 11.5. The molecule has 0 radical (unpaired) electrons. The molecule has 154 valence electrons. The molecular formula is C24H23NO4S. The average Bonchev–Trinajstić information content (AvgIpc) is 2.74. The Kier molecular flexibility index (Phi) is 7.03. The standard InChI is InChI=1S/C24H23NO4S/c26-24(27)22-15-6-4-11-20(22)13-8-14-21-12-5-7-16-23(21)25-30(28,29)18-17-19-9-2-1-3-10-19/h1-7,9-12,15-18,25H,8,13-14H2,(H,26,27)/b18-17+. The number of sulfonamides is 1. The van der Waals surface area contributed by atoms with Crippen LogP contribution in [0.2, 0.25) is 0 Å². The van der Waals surface area contributed by atoms with Crippen LogP contribution in [0.4, 0.5) is 5.69 Å². The number of aryl methyl sites for hydroxylation is 2. The molecule has 0 atom stereocenters. The molecule has 0 saturated carbocycles. The molecular weight excluding hydrogens is 398 g/mol. The van der Waals surface area contributed by atoms with Gasteiger partial charge in [0.05, 0.1) is 16.7 Å². The van der Waals surface area contributed by atoms with Crippen molar-refractivity contribution >= 4 is 27.8 Å². The Morgan fingerprint density at radius 3 is 2.17 bits per heavy atom. The van der Waals surface area contributed by atoms with E-state index in [4.69, 9.17) is 0 Å². The summed E-state index contributed by atoms with van der Waals surface area (Å²) in [6, 6.07) is 23.4. The highest BCUT2D eigenvalue weighted by Crippen LogP contribution is 2.21. The molecule has 3 aromatic rings. The van der Waals surface area contributed by atoms with Gasteiger partial charge in [0.1, 0.15) is 0 Å².